The molecule has 2 aromatic carbocycles. The normalized spacial score (nSPS) is 12.0. The molecule has 0 aliphatic rings. The lowest BCUT2D eigenvalue weighted by atomic mass is 9.85. The fourth-order valence-electron chi connectivity index (χ4n) is 3.55. The van der Waals surface area contributed by atoms with Gasteiger partial charge in [0.05, 0.1) is 0 Å². The van der Waals surface area contributed by atoms with Crippen LogP contribution in [0.3, 0.4) is 0 Å². The SMILES string of the molecule is CC(C)c1ccc(Cc2ccc(C(C)C)cc2C(C)C)c(C(C)C)c1. The fourth-order valence-corrected chi connectivity index (χ4v) is 3.55. The molecule has 0 radical (unpaired) electrons. The third-order valence-corrected chi connectivity index (χ3v) is 5.30. The van der Waals surface area contributed by atoms with Gasteiger partial charge in [0.15, 0.2) is 0 Å². The Labute approximate surface area is 155 Å². The molecule has 0 saturated carbocycles. The van der Waals surface area contributed by atoms with E-state index in [0.717, 1.165) is 6.42 Å². The van der Waals surface area contributed by atoms with Crippen LogP contribution < -0.4 is 0 Å². The van der Waals surface area contributed by atoms with Gasteiger partial charge < -0.3 is 0 Å². The maximum Gasteiger partial charge on any atom is -0.00201 e. The second-order valence-corrected chi connectivity index (χ2v) is 8.71. The predicted molar refractivity (Wildman–Crippen MR) is 112 cm³/mol. The van der Waals surface area contributed by atoms with Gasteiger partial charge in [-0.1, -0.05) is 91.8 Å². The van der Waals surface area contributed by atoms with E-state index < -0.39 is 0 Å². The van der Waals surface area contributed by atoms with Crippen LogP contribution in [0.25, 0.3) is 0 Å². The molecule has 25 heavy (non-hydrogen) atoms. The topological polar surface area (TPSA) is 0 Å². The van der Waals surface area contributed by atoms with Crippen LogP contribution in [0.15, 0.2) is 36.4 Å². The number of hydrogen-bond acceptors (Lipinski definition) is 0. The first kappa shape index (κ1) is 19.8. The van der Waals surface area contributed by atoms with Gasteiger partial charge in [-0.15, -0.1) is 0 Å². The van der Waals surface area contributed by atoms with Crippen molar-refractivity contribution >= 4 is 0 Å². The molecule has 0 spiro atoms. The Balaban J connectivity index is 2.45. The highest BCUT2D eigenvalue weighted by atomic mass is 14.2. The quantitative estimate of drug-likeness (QED) is 0.505. The van der Waals surface area contributed by atoms with Crippen molar-refractivity contribution in [3.8, 4) is 0 Å². The molecule has 2 aromatic rings. The van der Waals surface area contributed by atoms with Gasteiger partial charge in [-0.25, -0.2) is 0 Å². The highest BCUT2D eigenvalue weighted by molar-refractivity contribution is 5.43. The van der Waals surface area contributed by atoms with Crippen LogP contribution in [-0.4, -0.2) is 0 Å². The third kappa shape index (κ3) is 4.75. The molecule has 0 aliphatic carbocycles. The molecule has 0 N–H and O–H groups in total. The molecule has 0 nitrogen and oxygen atoms in total. The van der Waals surface area contributed by atoms with E-state index >= 15 is 0 Å². The van der Waals surface area contributed by atoms with Crippen LogP contribution >= 0.6 is 0 Å². The van der Waals surface area contributed by atoms with Crippen molar-refractivity contribution in [1.82, 2.24) is 0 Å². The molecular formula is C25H36. The van der Waals surface area contributed by atoms with Crippen LogP contribution in [0.1, 0.15) is 112 Å². The molecule has 0 bridgehead atoms. The van der Waals surface area contributed by atoms with Crippen molar-refractivity contribution in [3.05, 3.63) is 69.8 Å². The second-order valence-electron chi connectivity index (χ2n) is 8.71. The average Bonchev–Trinajstić information content (AvgIpc) is 2.54. The van der Waals surface area contributed by atoms with E-state index in [2.05, 4.69) is 91.8 Å². The van der Waals surface area contributed by atoms with E-state index in [0.29, 0.717) is 23.7 Å². The highest BCUT2D eigenvalue weighted by Crippen LogP contribution is 2.30. The first-order valence-corrected chi connectivity index (χ1v) is 9.96. The van der Waals surface area contributed by atoms with E-state index in [9.17, 15) is 0 Å². The standard InChI is InChI=1S/C25H36/c1-16(2)20-9-11-22(24(14-20)18(5)6)13-23-12-10-21(17(3)4)15-25(23)19(7)8/h9-12,14-19H,13H2,1-8H3. The molecule has 0 amide bonds. The highest BCUT2D eigenvalue weighted by Gasteiger charge is 2.14. The van der Waals surface area contributed by atoms with Crippen LogP contribution in [0, 0.1) is 0 Å². The molecule has 0 atom stereocenters. The van der Waals surface area contributed by atoms with E-state index in [-0.39, 0.29) is 0 Å². The lowest BCUT2D eigenvalue weighted by Crippen LogP contribution is -2.04. The zero-order valence-corrected chi connectivity index (χ0v) is 17.5. The minimum absolute atomic E-state index is 0.561. The first-order valence-electron chi connectivity index (χ1n) is 9.96. The Morgan fingerprint density at radius 2 is 0.880 bits per heavy atom. The maximum absolute atomic E-state index is 2.43. The van der Waals surface area contributed by atoms with Crippen LogP contribution in [0.4, 0.5) is 0 Å². The predicted octanol–water partition coefficient (Wildman–Crippen LogP) is 7.77. The van der Waals surface area contributed by atoms with E-state index in [1.54, 1.807) is 0 Å². The summed E-state index contributed by atoms with van der Waals surface area (Å²) in [5.74, 6) is 2.29. The Kier molecular flexibility index (Phi) is 6.49. The van der Waals surface area contributed by atoms with Gasteiger partial charge in [-0.05, 0) is 63.5 Å². The molecule has 2 rings (SSSR count). The van der Waals surface area contributed by atoms with Crippen molar-refractivity contribution < 1.29 is 0 Å². The summed E-state index contributed by atoms with van der Waals surface area (Å²) in [6.45, 7) is 18.4. The summed E-state index contributed by atoms with van der Waals surface area (Å²) < 4.78 is 0. The summed E-state index contributed by atoms with van der Waals surface area (Å²) in [5.41, 5.74) is 8.89. The summed E-state index contributed by atoms with van der Waals surface area (Å²) in [4.78, 5) is 0. The van der Waals surface area contributed by atoms with Gasteiger partial charge in [0, 0.05) is 0 Å². The smallest absolute Gasteiger partial charge is 0.00201 e. The van der Waals surface area contributed by atoms with E-state index in [1.807, 2.05) is 0 Å². The van der Waals surface area contributed by atoms with Crippen molar-refractivity contribution in [2.75, 3.05) is 0 Å². The average molecular weight is 337 g/mol. The molecule has 0 unspecified atom stereocenters. The van der Waals surface area contributed by atoms with Crippen LogP contribution in [0.2, 0.25) is 0 Å². The Morgan fingerprint density at radius 3 is 1.16 bits per heavy atom. The molecule has 0 aromatic heterocycles. The van der Waals surface area contributed by atoms with Gasteiger partial charge in [0.1, 0.15) is 0 Å². The maximum atomic E-state index is 2.43. The second kappa shape index (κ2) is 8.21. The molecular weight excluding hydrogens is 300 g/mol. The summed E-state index contributed by atoms with van der Waals surface area (Å²) in [5, 5.41) is 0. The van der Waals surface area contributed by atoms with Gasteiger partial charge in [0.25, 0.3) is 0 Å². The van der Waals surface area contributed by atoms with Gasteiger partial charge in [-0.3, -0.25) is 0 Å². The number of benzene rings is 2. The van der Waals surface area contributed by atoms with Crippen LogP contribution in [0.5, 0.6) is 0 Å². The minimum atomic E-state index is 0.561. The zero-order chi connectivity index (χ0) is 18.7. The largest absolute Gasteiger partial charge is 0.0587 e. The summed E-state index contributed by atoms with van der Waals surface area (Å²) >= 11 is 0. The van der Waals surface area contributed by atoms with E-state index in [4.69, 9.17) is 0 Å². The molecule has 0 aliphatic heterocycles. The van der Waals surface area contributed by atoms with Crippen molar-refractivity contribution in [1.29, 1.82) is 0 Å². The summed E-state index contributed by atoms with van der Waals surface area (Å²) in [6, 6.07) is 14.2. The van der Waals surface area contributed by atoms with Crippen molar-refractivity contribution in [2.45, 2.75) is 85.5 Å². The lowest BCUT2D eigenvalue weighted by molar-refractivity contribution is 0.807. The summed E-state index contributed by atoms with van der Waals surface area (Å²) in [6.07, 6.45) is 1.04. The van der Waals surface area contributed by atoms with Crippen molar-refractivity contribution in [2.24, 2.45) is 0 Å². The Morgan fingerprint density at radius 1 is 0.520 bits per heavy atom. The summed E-state index contributed by atoms with van der Waals surface area (Å²) in [7, 11) is 0. The Hall–Kier alpha value is -1.56. The molecule has 0 saturated heterocycles. The molecule has 0 heterocycles. The third-order valence-electron chi connectivity index (χ3n) is 5.30. The first-order chi connectivity index (χ1) is 11.7. The minimum Gasteiger partial charge on any atom is -0.0587 e. The molecule has 0 fully saturated rings. The monoisotopic (exact) mass is 336 g/mol. The van der Waals surface area contributed by atoms with Gasteiger partial charge in [-0.2, -0.15) is 0 Å². The Bertz CT molecular complexity index is 640. The molecule has 136 valence electrons. The van der Waals surface area contributed by atoms with Crippen LogP contribution in [-0.2, 0) is 6.42 Å². The van der Waals surface area contributed by atoms with Crippen molar-refractivity contribution in [3.63, 3.8) is 0 Å². The van der Waals surface area contributed by atoms with Gasteiger partial charge in [0.2, 0.25) is 0 Å². The lowest BCUT2D eigenvalue weighted by Gasteiger charge is -2.20. The van der Waals surface area contributed by atoms with Gasteiger partial charge >= 0.3 is 0 Å². The zero-order valence-electron chi connectivity index (χ0n) is 17.5. The van der Waals surface area contributed by atoms with E-state index in [1.165, 1.54) is 33.4 Å². The number of hydrogen-bond donors (Lipinski definition) is 0. The molecule has 0 heteroatoms. The number of rotatable bonds is 6. The fraction of sp³-hybridized carbons (Fsp3) is 0.520.